The number of rotatable bonds is 2. The van der Waals surface area contributed by atoms with E-state index in [9.17, 15) is 4.79 Å². The predicted molar refractivity (Wildman–Crippen MR) is 70.1 cm³/mol. The molecule has 88 valence electrons. The number of aromatic nitrogens is 1. The summed E-state index contributed by atoms with van der Waals surface area (Å²) in [6.07, 6.45) is 1.68. The lowest BCUT2D eigenvalue weighted by molar-refractivity contribution is 0.757. The molecule has 0 bridgehead atoms. The SMILES string of the molecule is Cc1ccc(Cn2cc(N)ccc2=O)c(C)c1. The second-order valence-corrected chi connectivity index (χ2v) is 4.36. The fourth-order valence-electron chi connectivity index (χ4n) is 1.88. The summed E-state index contributed by atoms with van der Waals surface area (Å²) in [7, 11) is 0. The zero-order valence-electron chi connectivity index (χ0n) is 10.1. The van der Waals surface area contributed by atoms with Crippen molar-refractivity contribution in [2.45, 2.75) is 20.4 Å². The monoisotopic (exact) mass is 228 g/mol. The van der Waals surface area contributed by atoms with Gasteiger partial charge in [-0.3, -0.25) is 4.79 Å². The fourth-order valence-corrected chi connectivity index (χ4v) is 1.88. The third-order valence-corrected chi connectivity index (χ3v) is 2.85. The maximum absolute atomic E-state index is 11.7. The third-order valence-electron chi connectivity index (χ3n) is 2.85. The lowest BCUT2D eigenvalue weighted by Gasteiger charge is -2.09. The first-order valence-corrected chi connectivity index (χ1v) is 5.58. The average molecular weight is 228 g/mol. The summed E-state index contributed by atoms with van der Waals surface area (Å²) < 4.78 is 1.63. The summed E-state index contributed by atoms with van der Waals surface area (Å²) >= 11 is 0. The van der Waals surface area contributed by atoms with Crippen LogP contribution in [0.5, 0.6) is 0 Å². The highest BCUT2D eigenvalue weighted by atomic mass is 16.1. The van der Waals surface area contributed by atoms with E-state index < -0.39 is 0 Å². The molecule has 1 aromatic carbocycles. The van der Waals surface area contributed by atoms with Gasteiger partial charge in [-0.05, 0) is 31.0 Å². The molecule has 0 aliphatic rings. The van der Waals surface area contributed by atoms with Crippen molar-refractivity contribution in [3.63, 3.8) is 0 Å². The summed E-state index contributed by atoms with van der Waals surface area (Å²) in [4.78, 5) is 11.7. The van der Waals surface area contributed by atoms with Crippen molar-refractivity contribution in [2.75, 3.05) is 5.73 Å². The Labute approximate surface area is 101 Å². The van der Waals surface area contributed by atoms with E-state index in [1.54, 1.807) is 16.8 Å². The molecule has 1 heterocycles. The van der Waals surface area contributed by atoms with Gasteiger partial charge >= 0.3 is 0 Å². The highest BCUT2D eigenvalue weighted by molar-refractivity contribution is 5.35. The molecule has 17 heavy (non-hydrogen) atoms. The molecule has 0 spiro atoms. The number of benzene rings is 1. The van der Waals surface area contributed by atoms with E-state index in [2.05, 4.69) is 32.0 Å². The topological polar surface area (TPSA) is 48.0 Å². The number of nitrogens with two attached hydrogens (primary N) is 1. The molecule has 0 atom stereocenters. The second kappa shape index (κ2) is 4.45. The minimum absolute atomic E-state index is 0.0285. The third kappa shape index (κ3) is 2.56. The quantitative estimate of drug-likeness (QED) is 0.855. The first kappa shape index (κ1) is 11.5. The van der Waals surface area contributed by atoms with E-state index in [0.717, 1.165) is 5.56 Å². The minimum atomic E-state index is -0.0285. The molecular weight excluding hydrogens is 212 g/mol. The summed E-state index contributed by atoms with van der Waals surface area (Å²) in [5.41, 5.74) is 9.82. The van der Waals surface area contributed by atoms with Gasteiger partial charge in [-0.1, -0.05) is 23.8 Å². The van der Waals surface area contributed by atoms with Gasteiger partial charge in [0.05, 0.1) is 6.54 Å². The molecule has 2 rings (SSSR count). The molecule has 0 aliphatic heterocycles. The van der Waals surface area contributed by atoms with E-state index in [1.165, 1.54) is 17.2 Å². The molecule has 0 saturated carbocycles. The van der Waals surface area contributed by atoms with Crippen LogP contribution in [-0.4, -0.2) is 4.57 Å². The largest absolute Gasteiger partial charge is 0.398 e. The van der Waals surface area contributed by atoms with Gasteiger partial charge in [0.2, 0.25) is 0 Å². The molecule has 2 N–H and O–H groups in total. The van der Waals surface area contributed by atoms with E-state index in [1.807, 2.05) is 0 Å². The summed E-state index contributed by atoms with van der Waals surface area (Å²) in [5.74, 6) is 0. The normalized spacial score (nSPS) is 10.5. The van der Waals surface area contributed by atoms with Crippen LogP contribution in [0, 0.1) is 13.8 Å². The number of pyridine rings is 1. The Hall–Kier alpha value is -2.03. The number of aryl methyl sites for hydroxylation is 2. The Morgan fingerprint density at radius 1 is 1.18 bits per heavy atom. The van der Waals surface area contributed by atoms with Crippen LogP contribution < -0.4 is 11.3 Å². The number of nitrogen functional groups attached to an aromatic ring is 1. The molecule has 0 amide bonds. The fraction of sp³-hybridized carbons (Fsp3) is 0.214. The van der Waals surface area contributed by atoms with Crippen LogP contribution in [0.2, 0.25) is 0 Å². The van der Waals surface area contributed by atoms with Crippen molar-refractivity contribution in [3.05, 3.63) is 63.6 Å². The number of hydrogen-bond acceptors (Lipinski definition) is 2. The average Bonchev–Trinajstić information content (AvgIpc) is 2.27. The molecular formula is C14H16N2O. The van der Waals surface area contributed by atoms with E-state index >= 15 is 0 Å². The van der Waals surface area contributed by atoms with Crippen LogP contribution in [0.4, 0.5) is 5.69 Å². The van der Waals surface area contributed by atoms with Gasteiger partial charge in [0.15, 0.2) is 0 Å². The van der Waals surface area contributed by atoms with E-state index in [-0.39, 0.29) is 5.56 Å². The molecule has 0 radical (unpaired) electrons. The van der Waals surface area contributed by atoms with Crippen LogP contribution in [0.1, 0.15) is 16.7 Å². The molecule has 0 unspecified atom stereocenters. The predicted octanol–water partition coefficient (Wildman–Crippen LogP) is 2.10. The highest BCUT2D eigenvalue weighted by Gasteiger charge is 2.02. The van der Waals surface area contributed by atoms with E-state index in [0.29, 0.717) is 12.2 Å². The smallest absolute Gasteiger partial charge is 0.250 e. The van der Waals surface area contributed by atoms with Gasteiger partial charge in [-0.25, -0.2) is 0 Å². The first-order chi connectivity index (χ1) is 8.06. The van der Waals surface area contributed by atoms with E-state index in [4.69, 9.17) is 5.73 Å². The minimum Gasteiger partial charge on any atom is -0.398 e. The summed E-state index contributed by atoms with van der Waals surface area (Å²) in [5, 5.41) is 0. The van der Waals surface area contributed by atoms with Crippen molar-refractivity contribution in [1.29, 1.82) is 0 Å². The lowest BCUT2D eigenvalue weighted by atomic mass is 10.1. The van der Waals surface area contributed by atoms with Crippen molar-refractivity contribution in [3.8, 4) is 0 Å². The maximum atomic E-state index is 11.7. The molecule has 3 nitrogen and oxygen atoms in total. The van der Waals surface area contributed by atoms with Crippen LogP contribution in [-0.2, 0) is 6.54 Å². The van der Waals surface area contributed by atoms with Crippen molar-refractivity contribution in [2.24, 2.45) is 0 Å². The van der Waals surface area contributed by atoms with Crippen LogP contribution >= 0.6 is 0 Å². The molecule has 2 aromatic rings. The molecule has 1 aromatic heterocycles. The zero-order valence-corrected chi connectivity index (χ0v) is 10.1. The van der Waals surface area contributed by atoms with Crippen molar-refractivity contribution >= 4 is 5.69 Å². The zero-order chi connectivity index (χ0) is 12.4. The molecule has 0 aliphatic carbocycles. The van der Waals surface area contributed by atoms with Gasteiger partial charge in [0.1, 0.15) is 0 Å². The van der Waals surface area contributed by atoms with Gasteiger partial charge in [-0.2, -0.15) is 0 Å². The maximum Gasteiger partial charge on any atom is 0.250 e. The summed E-state index contributed by atoms with van der Waals surface area (Å²) in [6, 6.07) is 9.35. The van der Waals surface area contributed by atoms with Crippen LogP contribution in [0.25, 0.3) is 0 Å². The molecule has 3 heteroatoms. The van der Waals surface area contributed by atoms with Gasteiger partial charge in [0, 0.05) is 18.0 Å². The molecule has 0 fully saturated rings. The first-order valence-electron chi connectivity index (χ1n) is 5.58. The number of nitrogens with zero attached hydrogens (tertiary/aromatic N) is 1. The Balaban J connectivity index is 2.38. The highest BCUT2D eigenvalue weighted by Crippen LogP contribution is 2.11. The standard InChI is InChI=1S/C14H16N2O/c1-10-3-4-12(11(2)7-10)8-16-9-13(15)5-6-14(16)17/h3-7,9H,8,15H2,1-2H3. The Kier molecular flexibility index (Phi) is 3.00. The number of anilines is 1. The van der Waals surface area contributed by atoms with Gasteiger partial charge in [-0.15, -0.1) is 0 Å². The number of hydrogen-bond donors (Lipinski definition) is 1. The van der Waals surface area contributed by atoms with Crippen molar-refractivity contribution < 1.29 is 0 Å². The van der Waals surface area contributed by atoms with Crippen LogP contribution in [0.15, 0.2) is 41.3 Å². The summed E-state index contributed by atoms with van der Waals surface area (Å²) in [6.45, 7) is 4.68. The van der Waals surface area contributed by atoms with Gasteiger partial charge in [0.25, 0.3) is 5.56 Å². The lowest BCUT2D eigenvalue weighted by Crippen LogP contribution is -2.19. The molecule has 0 saturated heterocycles. The van der Waals surface area contributed by atoms with Crippen LogP contribution in [0.3, 0.4) is 0 Å². The Morgan fingerprint density at radius 2 is 1.94 bits per heavy atom. The Morgan fingerprint density at radius 3 is 2.65 bits per heavy atom. The Bertz CT molecular complexity index is 599. The second-order valence-electron chi connectivity index (χ2n) is 4.36. The van der Waals surface area contributed by atoms with Crippen molar-refractivity contribution in [1.82, 2.24) is 4.57 Å². The van der Waals surface area contributed by atoms with Gasteiger partial charge < -0.3 is 10.3 Å².